The van der Waals surface area contributed by atoms with E-state index in [9.17, 15) is 9.59 Å². The van der Waals surface area contributed by atoms with Crippen molar-refractivity contribution in [2.45, 2.75) is 37.9 Å². The Balaban J connectivity index is 1.94. The molecule has 2 aromatic rings. The molecule has 0 aliphatic carbocycles. The maximum atomic E-state index is 12.1. The third-order valence-electron chi connectivity index (χ3n) is 3.37. The van der Waals surface area contributed by atoms with Gasteiger partial charge in [0.2, 0.25) is 5.91 Å². The molecule has 128 valence electrons. The van der Waals surface area contributed by atoms with E-state index in [4.69, 9.17) is 11.6 Å². The van der Waals surface area contributed by atoms with E-state index in [2.05, 4.69) is 15.3 Å². The summed E-state index contributed by atoms with van der Waals surface area (Å²) in [6, 6.07) is 8.71. The fourth-order valence-electron chi connectivity index (χ4n) is 2.26. The van der Waals surface area contributed by atoms with Crippen molar-refractivity contribution in [2.24, 2.45) is 0 Å². The van der Waals surface area contributed by atoms with E-state index in [-0.39, 0.29) is 23.3 Å². The second kappa shape index (κ2) is 8.89. The first-order valence-electron chi connectivity index (χ1n) is 7.76. The van der Waals surface area contributed by atoms with E-state index in [1.54, 1.807) is 6.07 Å². The summed E-state index contributed by atoms with van der Waals surface area (Å²) in [5, 5.41) is 3.98. The zero-order valence-corrected chi connectivity index (χ0v) is 15.2. The molecule has 0 radical (unpaired) electrons. The number of nitrogens with zero attached hydrogens (tertiary/aromatic N) is 1. The summed E-state index contributed by atoms with van der Waals surface area (Å²) in [5.74, 6) is 0.0313. The Bertz CT molecular complexity index is 763. The molecule has 0 fully saturated rings. The zero-order valence-electron chi connectivity index (χ0n) is 13.6. The largest absolute Gasteiger partial charge is 0.349 e. The van der Waals surface area contributed by atoms with Gasteiger partial charge in [0.25, 0.3) is 5.56 Å². The summed E-state index contributed by atoms with van der Waals surface area (Å²) in [6.45, 7) is 3.91. The number of hydrogen-bond donors (Lipinski definition) is 2. The van der Waals surface area contributed by atoms with E-state index in [1.807, 2.05) is 32.0 Å². The molecular formula is C17H20ClN3O2S. The predicted molar refractivity (Wildman–Crippen MR) is 97.6 cm³/mol. The Morgan fingerprint density at radius 3 is 2.88 bits per heavy atom. The summed E-state index contributed by atoms with van der Waals surface area (Å²) in [5.41, 5.74) is 1.42. The molecule has 2 rings (SSSR count). The van der Waals surface area contributed by atoms with Crippen molar-refractivity contribution in [1.82, 2.24) is 15.3 Å². The van der Waals surface area contributed by atoms with Crippen LogP contribution in [0.1, 0.15) is 37.6 Å². The molecule has 0 saturated carbocycles. The molecule has 1 atom stereocenters. The van der Waals surface area contributed by atoms with Gasteiger partial charge in [0.15, 0.2) is 5.16 Å². The fourth-order valence-corrected chi connectivity index (χ4v) is 3.26. The molecule has 0 aliphatic rings. The number of benzene rings is 1. The van der Waals surface area contributed by atoms with Crippen LogP contribution in [0.5, 0.6) is 0 Å². The molecule has 1 heterocycles. The number of amides is 1. The van der Waals surface area contributed by atoms with Gasteiger partial charge in [-0.3, -0.25) is 9.59 Å². The van der Waals surface area contributed by atoms with Gasteiger partial charge in [-0.05, 0) is 25.0 Å². The lowest BCUT2D eigenvalue weighted by molar-refractivity contribution is -0.119. The van der Waals surface area contributed by atoms with Crippen molar-refractivity contribution in [3.05, 3.63) is 57.0 Å². The van der Waals surface area contributed by atoms with Gasteiger partial charge in [0, 0.05) is 16.8 Å². The Labute approximate surface area is 150 Å². The molecule has 7 heteroatoms. The fraction of sp³-hybridized carbons (Fsp3) is 0.353. The maximum Gasteiger partial charge on any atom is 0.251 e. The van der Waals surface area contributed by atoms with Crippen molar-refractivity contribution in [1.29, 1.82) is 0 Å². The van der Waals surface area contributed by atoms with Crippen LogP contribution in [0.4, 0.5) is 0 Å². The standard InChI is InChI=1S/C17H20ClN3O2S/c1-3-6-12-9-15(22)21-17(20-12)24-10-16(23)19-11(2)13-7-4-5-8-14(13)18/h4-5,7-9,11H,3,6,10H2,1-2H3,(H,19,23)(H,20,21,22). The maximum absolute atomic E-state index is 12.1. The average Bonchev–Trinajstić information content (AvgIpc) is 2.53. The molecule has 0 spiro atoms. The first kappa shape index (κ1) is 18.5. The summed E-state index contributed by atoms with van der Waals surface area (Å²) in [7, 11) is 0. The number of aryl methyl sites for hydroxylation is 1. The van der Waals surface area contributed by atoms with Crippen LogP contribution in [-0.4, -0.2) is 21.6 Å². The van der Waals surface area contributed by atoms with Crippen LogP contribution in [-0.2, 0) is 11.2 Å². The van der Waals surface area contributed by atoms with E-state index >= 15 is 0 Å². The van der Waals surface area contributed by atoms with Crippen molar-refractivity contribution in [3.8, 4) is 0 Å². The van der Waals surface area contributed by atoms with Crippen LogP contribution in [0.3, 0.4) is 0 Å². The van der Waals surface area contributed by atoms with Gasteiger partial charge >= 0.3 is 0 Å². The molecule has 24 heavy (non-hydrogen) atoms. The summed E-state index contributed by atoms with van der Waals surface area (Å²) in [4.78, 5) is 30.7. The van der Waals surface area contributed by atoms with Crippen LogP contribution in [0.25, 0.3) is 0 Å². The molecule has 1 unspecified atom stereocenters. The number of rotatable bonds is 7. The number of carbonyl (C=O) groups is 1. The number of carbonyl (C=O) groups excluding carboxylic acids is 1. The number of nitrogens with one attached hydrogen (secondary N) is 2. The lowest BCUT2D eigenvalue weighted by Crippen LogP contribution is -2.28. The Morgan fingerprint density at radius 2 is 2.17 bits per heavy atom. The highest BCUT2D eigenvalue weighted by atomic mass is 35.5. The second-order valence-corrected chi connectivity index (χ2v) is 6.76. The first-order valence-corrected chi connectivity index (χ1v) is 9.12. The van der Waals surface area contributed by atoms with Crippen molar-refractivity contribution >= 4 is 29.3 Å². The first-order chi connectivity index (χ1) is 11.5. The van der Waals surface area contributed by atoms with Crippen molar-refractivity contribution in [3.63, 3.8) is 0 Å². The van der Waals surface area contributed by atoms with Gasteiger partial charge < -0.3 is 10.3 Å². The molecular weight excluding hydrogens is 346 g/mol. The molecule has 2 N–H and O–H groups in total. The van der Waals surface area contributed by atoms with E-state index in [0.29, 0.717) is 10.2 Å². The minimum atomic E-state index is -0.194. The lowest BCUT2D eigenvalue weighted by Gasteiger charge is -2.15. The number of H-pyrrole nitrogens is 1. The van der Waals surface area contributed by atoms with Crippen LogP contribution in [0, 0.1) is 0 Å². The number of hydrogen-bond acceptors (Lipinski definition) is 4. The molecule has 0 bridgehead atoms. The topological polar surface area (TPSA) is 74.8 Å². The normalized spacial score (nSPS) is 12.0. The van der Waals surface area contributed by atoms with E-state index < -0.39 is 0 Å². The number of aromatic amines is 1. The molecule has 1 amide bonds. The summed E-state index contributed by atoms with van der Waals surface area (Å²) in [6.07, 6.45) is 1.66. The predicted octanol–water partition coefficient (Wildman–Crippen LogP) is 3.35. The highest BCUT2D eigenvalue weighted by Crippen LogP contribution is 2.22. The van der Waals surface area contributed by atoms with Crippen molar-refractivity contribution in [2.75, 3.05) is 5.75 Å². The Morgan fingerprint density at radius 1 is 1.42 bits per heavy atom. The van der Waals surface area contributed by atoms with Crippen LogP contribution in [0.2, 0.25) is 5.02 Å². The molecule has 0 saturated heterocycles. The van der Waals surface area contributed by atoms with Crippen LogP contribution in [0.15, 0.2) is 40.3 Å². The molecule has 5 nitrogen and oxygen atoms in total. The second-order valence-electron chi connectivity index (χ2n) is 5.39. The Kier molecular flexibility index (Phi) is 6.87. The lowest BCUT2D eigenvalue weighted by atomic mass is 10.1. The molecule has 0 aliphatic heterocycles. The number of thioether (sulfide) groups is 1. The van der Waals surface area contributed by atoms with Crippen molar-refractivity contribution < 1.29 is 4.79 Å². The smallest absolute Gasteiger partial charge is 0.251 e. The average molecular weight is 366 g/mol. The summed E-state index contributed by atoms with van der Waals surface area (Å²) < 4.78 is 0. The minimum absolute atomic E-state index is 0.143. The third-order valence-corrected chi connectivity index (χ3v) is 4.59. The minimum Gasteiger partial charge on any atom is -0.349 e. The SMILES string of the molecule is CCCc1cc(=O)[nH]c(SCC(=O)NC(C)c2ccccc2Cl)n1. The van der Waals surface area contributed by atoms with Gasteiger partial charge in [-0.2, -0.15) is 0 Å². The van der Waals surface area contributed by atoms with Crippen LogP contribution < -0.4 is 10.9 Å². The van der Waals surface area contributed by atoms with E-state index in [1.165, 1.54) is 17.8 Å². The molecule has 1 aromatic heterocycles. The van der Waals surface area contributed by atoms with Gasteiger partial charge in [-0.1, -0.05) is 54.9 Å². The monoisotopic (exact) mass is 365 g/mol. The highest BCUT2D eigenvalue weighted by Gasteiger charge is 2.13. The zero-order chi connectivity index (χ0) is 17.5. The Hall–Kier alpha value is -1.79. The van der Waals surface area contributed by atoms with E-state index in [0.717, 1.165) is 24.1 Å². The quantitative estimate of drug-likeness (QED) is 0.583. The van der Waals surface area contributed by atoms with Gasteiger partial charge in [-0.15, -0.1) is 0 Å². The molecule has 1 aromatic carbocycles. The van der Waals surface area contributed by atoms with Crippen LogP contribution >= 0.6 is 23.4 Å². The third kappa shape index (κ3) is 5.39. The highest BCUT2D eigenvalue weighted by molar-refractivity contribution is 7.99. The summed E-state index contributed by atoms with van der Waals surface area (Å²) >= 11 is 7.35. The van der Waals surface area contributed by atoms with Gasteiger partial charge in [0.1, 0.15) is 0 Å². The number of aromatic nitrogens is 2. The van der Waals surface area contributed by atoms with Gasteiger partial charge in [-0.25, -0.2) is 4.98 Å². The number of halogens is 1. The van der Waals surface area contributed by atoms with Gasteiger partial charge in [0.05, 0.1) is 11.8 Å².